The fraction of sp³-hybridized carbons (Fsp3) is 0.471. The first-order chi connectivity index (χ1) is 10.6. The van der Waals surface area contributed by atoms with E-state index >= 15 is 0 Å². The van der Waals surface area contributed by atoms with Crippen molar-refractivity contribution in [1.29, 1.82) is 0 Å². The van der Waals surface area contributed by atoms with Gasteiger partial charge in [-0.1, -0.05) is 33.6 Å². The number of hydrogen-bond acceptors (Lipinski definition) is 2. The number of amides is 1. The molecule has 0 aliphatic carbocycles. The second kappa shape index (κ2) is 7.98. The molecule has 0 saturated carbocycles. The molecule has 3 nitrogen and oxygen atoms in total. The summed E-state index contributed by atoms with van der Waals surface area (Å²) in [7, 11) is 5.80. The first-order valence-corrected chi connectivity index (χ1v) is 8.63. The molecule has 0 bridgehead atoms. The minimum atomic E-state index is 0.0942. The number of carbonyl (C=O) groups excluding carboxylic acids is 1. The lowest BCUT2D eigenvalue weighted by atomic mass is 9.98. The molecule has 1 saturated heterocycles. The molecule has 5 heteroatoms. The Bertz CT molecular complexity index is 542. The van der Waals surface area contributed by atoms with Crippen LogP contribution in [0.4, 0.5) is 0 Å². The van der Waals surface area contributed by atoms with Crippen LogP contribution in [0.25, 0.3) is 4.48 Å². The Morgan fingerprint density at radius 2 is 1.64 bits per heavy atom. The van der Waals surface area contributed by atoms with Crippen molar-refractivity contribution in [3.8, 4) is 0 Å². The lowest BCUT2D eigenvalue weighted by Gasteiger charge is -2.26. The lowest BCUT2D eigenvalue weighted by Crippen LogP contribution is -2.30. The van der Waals surface area contributed by atoms with Crippen LogP contribution >= 0.6 is 15.9 Å². The van der Waals surface area contributed by atoms with E-state index in [0.29, 0.717) is 0 Å². The zero-order valence-electron chi connectivity index (χ0n) is 13.3. The molecule has 1 aliphatic heterocycles. The van der Waals surface area contributed by atoms with Crippen molar-refractivity contribution in [1.82, 2.24) is 9.71 Å². The highest BCUT2D eigenvalue weighted by molar-refractivity contribution is 9.15. The fourth-order valence-electron chi connectivity index (χ4n) is 2.67. The summed E-state index contributed by atoms with van der Waals surface area (Å²) in [6.45, 7) is 7.26. The van der Waals surface area contributed by atoms with Gasteiger partial charge in [0.05, 0.1) is 0 Å². The Morgan fingerprint density at radius 3 is 2.14 bits per heavy atom. The zero-order valence-corrected chi connectivity index (χ0v) is 14.9. The Kier molecular flexibility index (Phi) is 6.27. The summed E-state index contributed by atoms with van der Waals surface area (Å²) in [5.41, 5.74) is 3.26. The molecule has 2 radical (unpaired) electrons. The molecule has 0 unspecified atom stereocenters. The van der Waals surface area contributed by atoms with Gasteiger partial charge in [-0.3, -0.25) is 4.79 Å². The topological polar surface area (TPSA) is 23.6 Å². The number of piperidine rings is 1. The van der Waals surface area contributed by atoms with Gasteiger partial charge < -0.3 is 9.71 Å². The number of halogens is 1. The van der Waals surface area contributed by atoms with Crippen LogP contribution in [-0.2, 0) is 0 Å². The normalized spacial score (nSPS) is 15.7. The first kappa shape index (κ1) is 17.3. The van der Waals surface area contributed by atoms with Gasteiger partial charge in [0.25, 0.3) is 5.91 Å². The van der Waals surface area contributed by atoms with Gasteiger partial charge in [-0.15, -0.1) is 0 Å². The van der Waals surface area contributed by atoms with Crippen molar-refractivity contribution in [2.45, 2.75) is 26.7 Å². The van der Waals surface area contributed by atoms with Gasteiger partial charge in [-0.05, 0) is 57.5 Å². The molecule has 0 atom stereocenters. The highest BCUT2D eigenvalue weighted by atomic mass is 79.9. The Balaban J connectivity index is 2.15. The third-order valence-corrected chi connectivity index (χ3v) is 5.17. The second-order valence-corrected chi connectivity index (χ2v) is 6.30. The Labute approximate surface area is 142 Å². The van der Waals surface area contributed by atoms with E-state index in [-0.39, 0.29) is 5.91 Å². The van der Waals surface area contributed by atoms with Crippen LogP contribution in [0.15, 0.2) is 29.8 Å². The predicted octanol–water partition coefficient (Wildman–Crippen LogP) is 3.45. The van der Waals surface area contributed by atoms with Gasteiger partial charge in [0.2, 0.25) is 0 Å². The lowest BCUT2D eigenvalue weighted by molar-refractivity contribution is 0.0773. The molecule has 0 spiro atoms. The van der Waals surface area contributed by atoms with Gasteiger partial charge in [0, 0.05) is 23.1 Å². The van der Waals surface area contributed by atoms with E-state index < -0.39 is 0 Å². The molecular formula is C17H22BBrN2O. The summed E-state index contributed by atoms with van der Waals surface area (Å²) >= 11 is 3.71. The van der Waals surface area contributed by atoms with Crippen molar-refractivity contribution >= 4 is 34.3 Å². The van der Waals surface area contributed by atoms with E-state index in [1.807, 2.05) is 47.8 Å². The van der Waals surface area contributed by atoms with Crippen LogP contribution < -0.4 is 0 Å². The number of benzene rings is 1. The van der Waals surface area contributed by atoms with Gasteiger partial charge >= 0.3 is 0 Å². The summed E-state index contributed by atoms with van der Waals surface area (Å²) in [5.74, 6) is 0.0942. The monoisotopic (exact) mass is 360 g/mol. The van der Waals surface area contributed by atoms with Crippen LogP contribution in [0.2, 0.25) is 0 Å². The summed E-state index contributed by atoms with van der Waals surface area (Å²) < 4.78 is 1.14. The average molecular weight is 361 g/mol. The van der Waals surface area contributed by atoms with Crippen molar-refractivity contribution in [3.63, 3.8) is 0 Å². The molecule has 1 aromatic carbocycles. The van der Waals surface area contributed by atoms with E-state index in [9.17, 15) is 4.79 Å². The summed E-state index contributed by atoms with van der Waals surface area (Å²) in [6.07, 6.45) is 1.97. The van der Waals surface area contributed by atoms with Crippen LogP contribution in [0.1, 0.15) is 42.6 Å². The Hall–Kier alpha value is -1.07. The minimum absolute atomic E-state index is 0.0942. The van der Waals surface area contributed by atoms with Crippen molar-refractivity contribution in [2.24, 2.45) is 0 Å². The van der Waals surface area contributed by atoms with Gasteiger partial charge in [0.1, 0.15) is 0 Å². The van der Waals surface area contributed by atoms with Crippen LogP contribution in [-0.4, -0.2) is 49.8 Å². The van der Waals surface area contributed by atoms with E-state index in [0.717, 1.165) is 54.6 Å². The third-order valence-electron chi connectivity index (χ3n) is 4.15. The molecule has 0 aromatic heterocycles. The Morgan fingerprint density at radius 1 is 1.14 bits per heavy atom. The predicted molar refractivity (Wildman–Crippen MR) is 96.1 cm³/mol. The maximum absolute atomic E-state index is 12.3. The number of nitrogens with zero attached hydrogens (tertiary/aromatic N) is 2. The number of carbonyl (C=O) groups is 1. The fourth-order valence-corrected chi connectivity index (χ4v) is 3.33. The highest BCUT2D eigenvalue weighted by Crippen LogP contribution is 2.31. The van der Waals surface area contributed by atoms with E-state index in [1.165, 1.54) is 5.57 Å². The van der Waals surface area contributed by atoms with Crippen LogP contribution in [0.3, 0.4) is 0 Å². The summed E-state index contributed by atoms with van der Waals surface area (Å²) in [6, 6.07) is 7.86. The molecule has 116 valence electrons. The molecular weight excluding hydrogens is 339 g/mol. The quantitative estimate of drug-likeness (QED) is 0.767. The zero-order chi connectivity index (χ0) is 16.1. The van der Waals surface area contributed by atoms with E-state index in [1.54, 1.807) is 0 Å². The van der Waals surface area contributed by atoms with Crippen molar-refractivity contribution < 1.29 is 4.79 Å². The molecule has 22 heavy (non-hydrogen) atoms. The third kappa shape index (κ3) is 4.02. The van der Waals surface area contributed by atoms with Gasteiger partial charge in [-0.2, -0.15) is 0 Å². The van der Waals surface area contributed by atoms with Crippen LogP contribution in [0, 0.1) is 0 Å². The van der Waals surface area contributed by atoms with E-state index in [2.05, 4.69) is 15.9 Å². The van der Waals surface area contributed by atoms with Gasteiger partial charge in [0.15, 0.2) is 7.98 Å². The first-order valence-electron chi connectivity index (χ1n) is 7.83. The largest absolute Gasteiger partial charge is 0.353 e. The second-order valence-electron chi connectivity index (χ2n) is 5.51. The number of rotatable bonds is 4. The highest BCUT2D eigenvalue weighted by Gasteiger charge is 2.15. The van der Waals surface area contributed by atoms with Crippen molar-refractivity contribution in [3.05, 3.63) is 41.0 Å². The maximum Gasteiger partial charge on any atom is 0.253 e. The molecule has 1 amide bonds. The van der Waals surface area contributed by atoms with Crippen molar-refractivity contribution in [2.75, 3.05) is 26.2 Å². The molecule has 1 aliphatic rings. The molecule has 0 N–H and O–H groups in total. The van der Waals surface area contributed by atoms with E-state index in [4.69, 9.17) is 7.98 Å². The molecule has 1 fully saturated rings. The maximum atomic E-state index is 12.3. The average Bonchev–Trinajstić information content (AvgIpc) is 2.56. The summed E-state index contributed by atoms with van der Waals surface area (Å²) in [5, 5.41) is 0. The molecule has 2 rings (SSSR count). The molecule has 1 aromatic rings. The van der Waals surface area contributed by atoms with Gasteiger partial charge in [-0.25, -0.2) is 0 Å². The number of hydrogen-bond donors (Lipinski definition) is 0. The SMILES string of the molecule is [B]N1CCC(=C(Br)c2ccc(C(=O)N(CC)CC)cc2)CC1. The minimum Gasteiger partial charge on any atom is -0.353 e. The molecule has 1 heterocycles. The van der Waals surface area contributed by atoms with Crippen LogP contribution in [0.5, 0.6) is 0 Å². The summed E-state index contributed by atoms with van der Waals surface area (Å²) in [4.78, 5) is 16.0. The standard InChI is InChI=1S/C17H22BBrN2O/c1-3-20(4-2)17(22)15-7-5-13(6-8-15)16(19)14-9-11-21(18)12-10-14/h5-8H,3-4,9-12H2,1-2H3. The smallest absolute Gasteiger partial charge is 0.253 e.